The predicted octanol–water partition coefficient (Wildman–Crippen LogP) is 2.13. The van der Waals surface area contributed by atoms with Crippen molar-refractivity contribution in [1.29, 1.82) is 0 Å². The van der Waals surface area contributed by atoms with Crippen LogP contribution in [0.5, 0.6) is 0 Å². The smallest absolute Gasteiger partial charge is 0.257 e. The minimum atomic E-state index is -0.187. The lowest BCUT2D eigenvalue weighted by molar-refractivity contribution is -0.129. The first-order chi connectivity index (χ1) is 12.1. The van der Waals surface area contributed by atoms with E-state index in [1.807, 2.05) is 6.92 Å². The molecule has 1 saturated carbocycles. The summed E-state index contributed by atoms with van der Waals surface area (Å²) in [7, 11) is 0. The number of ketones is 1. The molecule has 0 bridgehead atoms. The Morgan fingerprint density at radius 1 is 1.36 bits per heavy atom. The molecule has 2 aliphatic rings. The summed E-state index contributed by atoms with van der Waals surface area (Å²) < 4.78 is 10.7. The van der Waals surface area contributed by atoms with Gasteiger partial charge in [-0.3, -0.25) is 9.59 Å². The van der Waals surface area contributed by atoms with Crippen LogP contribution in [0.2, 0.25) is 0 Å². The molecule has 0 radical (unpaired) electrons. The SMILES string of the molecule is Cc1noc2ncc(C(=O)N3CCOC[C@@H]3[C@@H]3CCCCC3=O)cc12. The largest absolute Gasteiger partial charge is 0.377 e. The molecule has 0 spiro atoms. The zero-order valence-corrected chi connectivity index (χ0v) is 14.2. The molecule has 7 nitrogen and oxygen atoms in total. The number of hydrogen-bond donors (Lipinski definition) is 0. The van der Waals surface area contributed by atoms with Crippen molar-refractivity contribution < 1.29 is 18.8 Å². The molecule has 1 saturated heterocycles. The van der Waals surface area contributed by atoms with Gasteiger partial charge in [0, 0.05) is 25.1 Å². The molecule has 4 rings (SSSR count). The molecule has 7 heteroatoms. The topological polar surface area (TPSA) is 85.5 Å². The van der Waals surface area contributed by atoms with E-state index in [1.165, 1.54) is 6.20 Å². The monoisotopic (exact) mass is 343 g/mol. The van der Waals surface area contributed by atoms with E-state index >= 15 is 0 Å². The van der Waals surface area contributed by atoms with Gasteiger partial charge in [-0.1, -0.05) is 11.6 Å². The fourth-order valence-corrected chi connectivity index (χ4v) is 3.85. The highest BCUT2D eigenvalue weighted by molar-refractivity contribution is 5.97. The molecule has 1 amide bonds. The number of aromatic nitrogens is 2. The zero-order valence-electron chi connectivity index (χ0n) is 14.2. The first-order valence-electron chi connectivity index (χ1n) is 8.78. The van der Waals surface area contributed by atoms with Gasteiger partial charge in [0.15, 0.2) is 0 Å². The van der Waals surface area contributed by atoms with Crippen molar-refractivity contribution in [3.8, 4) is 0 Å². The van der Waals surface area contributed by atoms with Gasteiger partial charge < -0.3 is 14.2 Å². The van der Waals surface area contributed by atoms with Crippen molar-refractivity contribution in [2.24, 2.45) is 5.92 Å². The van der Waals surface area contributed by atoms with Crippen LogP contribution in [-0.4, -0.2) is 52.5 Å². The van der Waals surface area contributed by atoms with Crippen molar-refractivity contribution in [2.75, 3.05) is 19.8 Å². The first kappa shape index (κ1) is 16.2. The van der Waals surface area contributed by atoms with Crippen LogP contribution >= 0.6 is 0 Å². The van der Waals surface area contributed by atoms with Gasteiger partial charge in [-0.2, -0.15) is 0 Å². The van der Waals surface area contributed by atoms with Gasteiger partial charge in [-0.05, 0) is 25.8 Å². The Morgan fingerprint density at radius 3 is 3.08 bits per heavy atom. The van der Waals surface area contributed by atoms with Crippen molar-refractivity contribution in [2.45, 2.75) is 38.6 Å². The molecule has 0 N–H and O–H groups in total. The van der Waals surface area contributed by atoms with Crippen LogP contribution in [0.4, 0.5) is 0 Å². The average Bonchev–Trinajstić information content (AvgIpc) is 3.02. The van der Waals surface area contributed by atoms with Crippen LogP contribution in [0.3, 0.4) is 0 Å². The minimum absolute atomic E-state index is 0.110. The molecule has 0 aromatic carbocycles. The number of aryl methyl sites for hydroxylation is 1. The predicted molar refractivity (Wildman–Crippen MR) is 89.1 cm³/mol. The molecule has 2 fully saturated rings. The molecule has 1 aliphatic carbocycles. The van der Waals surface area contributed by atoms with Crippen molar-refractivity contribution in [1.82, 2.24) is 15.0 Å². The maximum atomic E-state index is 13.1. The Hall–Kier alpha value is -2.28. The quantitative estimate of drug-likeness (QED) is 0.830. The molecular weight excluding hydrogens is 322 g/mol. The summed E-state index contributed by atoms with van der Waals surface area (Å²) in [5, 5.41) is 4.62. The van der Waals surface area contributed by atoms with E-state index in [9.17, 15) is 9.59 Å². The summed E-state index contributed by atoms with van der Waals surface area (Å²) in [4.78, 5) is 31.5. The third-order valence-corrected chi connectivity index (χ3v) is 5.25. The molecule has 0 unspecified atom stereocenters. The van der Waals surface area contributed by atoms with Gasteiger partial charge in [0.2, 0.25) is 0 Å². The molecule has 3 heterocycles. The third-order valence-electron chi connectivity index (χ3n) is 5.25. The second kappa shape index (κ2) is 6.55. The lowest BCUT2D eigenvalue weighted by Gasteiger charge is -2.40. The number of amides is 1. The number of morpholine rings is 1. The Kier molecular flexibility index (Phi) is 4.25. The van der Waals surface area contributed by atoms with E-state index in [-0.39, 0.29) is 23.7 Å². The lowest BCUT2D eigenvalue weighted by atomic mass is 9.82. The van der Waals surface area contributed by atoms with Crippen molar-refractivity contribution in [3.63, 3.8) is 0 Å². The van der Waals surface area contributed by atoms with Gasteiger partial charge in [-0.15, -0.1) is 0 Å². The minimum Gasteiger partial charge on any atom is -0.377 e. The van der Waals surface area contributed by atoms with Crippen molar-refractivity contribution in [3.05, 3.63) is 23.5 Å². The Labute approximate surface area is 145 Å². The van der Waals surface area contributed by atoms with Crippen molar-refractivity contribution >= 4 is 22.8 Å². The number of carbonyl (C=O) groups excluding carboxylic acids is 2. The Morgan fingerprint density at radius 2 is 2.24 bits per heavy atom. The van der Waals surface area contributed by atoms with Crippen LogP contribution in [0.15, 0.2) is 16.8 Å². The zero-order chi connectivity index (χ0) is 17.4. The van der Waals surface area contributed by atoms with Crippen LogP contribution in [0.25, 0.3) is 11.1 Å². The normalized spacial score (nSPS) is 24.7. The maximum absolute atomic E-state index is 13.1. The molecule has 2 aromatic heterocycles. The van der Waals surface area contributed by atoms with Gasteiger partial charge in [0.25, 0.3) is 11.6 Å². The molecule has 132 valence electrons. The molecular formula is C18H21N3O4. The second-order valence-corrected chi connectivity index (χ2v) is 6.80. The maximum Gasteiger partial charge on any atom is 0.257 e. The number of hydrogen-bond acceptors (Lipinski definition) is 6. The summed E-state index contributed by atoms with van der Waals surface area (Å²) in [5.41, 5.74) is 1.63. The number of fused-ring (bicyclic) bond motifs is 1. The summed E-state index contributed by atoms with van der Waals surface area (Å²) in [5.74, 6) is 0.0247. The number of nitrogens with zero attached hydrogens (tertiary/aromatic N) is 3. The summed E-state index contributed by atoms with van der Waals surface area (Å²) in [6.45, 7) is 3.23. The molecule has 1 aliphatic heterocycles. The molecule has 25 heavy (non-hydrogen) atoms. The summed E-state index contributed by atoms with van der Waals surface area (Å²) in [6.07, 6.45) is 4.94. The lowest BCUT2D eigenvalue weighted by Crippen LogP contribution is -2.54. The van der Waals surface area contributed by atoms with E-state index < -0.39 is 0 Å². The highest BCUT2D eigenvalue weighted by atomic mass is 16.5. The van der Waals surface area contributed by atoms with E-state index in [0.29, 0.717) is 43.2 Å². The molecule has 2 atom stereocenters. The van der Waals surface area contributed by atoms with E-state index in [1.54, 1.807) is 11.0 Å². The number of pyridine rings is 1. The van der Waals surface area contributed by atoms with E-state index in [0.717, 1.165) is 24.6 Å². The van der Waals surface area contributed by atoms with Crippen LogP contribution in [0.1, 0.15) is 41.7 Å². The first-order valence-corrected chi connectivity index (χ1v) is 8.78. The standard InChI is InChI=1S/C18H21N3O4/c1-11-14-8-12(9-19-17(14)25-20-11)18(23)21-6-7-24-10-15(21)13-4-2-3-5-16(13)22/h8-9,13,15H,2-7,10H2,1H3/t13-,15+/m0/s1. The van der Waals surface area contributed by atoms with Crippen LogP contribution in [-0.2, 0) is 9.53 Å². The van der Waals surface area contributed by atoms with E-state index in [2.05, 4.69) is 10.1 Å². The third kappa shape index (κ3) is 2.93. The average molecular weight is 343 g/mol. The fraction of sp³-hybridized carbons (Fsp3) is 0.556. The summed E-state index contributed by atoms with van der Waals surface area (Å²) in [6, 6.07) is 1.58. The van der Waals surface area contributed by atoms with Crippen LogP contribution < -0.4 is 0 Å². The number of carbonyl (C=O) groups is 2. The molecule has 2 aromatic rings. The van der Waals surface area contributed by atoms with Gasteiger partial charge in [0.05, 0.1) is 35.9 Å². The number of rotatable bonds is 2. The second-order valence-electron chi connectivity index (χ2n) is 6.80. The Bertz CT molecular complexity index is 816. The summed E-state index contributed by atoms with van der Waals surface area (Å²) >= 11 is 0. The Balaban J connectivity index is 1.63. The number of ether oxygens (including phenoxy) is 1. The van der Waals surface area contributed by atoms with E-state index in [4.69, 9.17) is 9.26 Å². The fourth-order valence-electron chi connectivity index (χ4n) is 3.85. The van der Waals surface area contributed by atoms with Gasteiger partial charge >= 0.3 is 0 Å². The van der Waals surface area contributed by atoms with Gasteiger partial charge in [0.1, 0.15) is 5.78 Å². The highest BCUT2D eigenvalue weighted by Crippen LogP contribution is 2.29. The van der Waals surface area contributed by atoms with Gasteiger partial charge in [-0.25, -0.2) is 4.98 Å². The number of Topliss-reactive ketones (excluding diaryl/α,β-unsaturated/α-hetero) is 1. The van der Waals surface area contributed by atoms with Crippen LogP contribution in [0, 0.1) is 12.8 Å². The highest BCUT2D eigenvalue weighted by Gasteiger charge is 2.38.